The topological polar surface area (TPSA) is 39.7 Å². The Balaban J connectivity index is 0.00000264. The third-order valence-electron chi connectivity index (χ3n) is 4.37. The summed E-state index contributed by atoms with van der Waals surface area (Å²) in [5.74, 6) is 2.33. The molecule has 2 rings (SSSR count). The largest absolute Gasteiger partial charge is 0.356 e. The molecule has 6 heteroatoms. The summed E-state index contributed by atoms with van der Waals surface area (Å²) < 4.78 is 0. The summed E-state index contributed by atoms with van der Waals surface area (Å²) in [7, 11) is 4.06. The molecule has 23 heavy (non-hydrogen) atoms. The summed E-state index contributed by atoms with van der Waals surface area (Å²) in [5, 5.41) is 9.10. The van der Waals surface area contributed by atoms with Crippen LogP contribution in [0.25, 0.3) is 0 Å². The molecule has 1 aliphatic rings. The van der Waals surface area contributed by atoms with Crippen LogP contribution in [0, 0.1) is 11.8 Å². The average Bonchev–Trinajstić information content (AvgIpc) is 3.02. The Hall–Kier alpha value is -0.340. The zero-order valence-electron chi connectivity index (χ0n) is 14.5. The molecule has 0 spiro atoms. The molecule has 1 aromatic heterocycles. The van der Waals surface area contributed by atoms with E-state index in [2.05, 4.69) is 52.0 Å². The van der Waals surface area contributed by atoms with Crippen molar-refractivity contribution in [3.8, 4) is 0 Å². The summed E-state index contributed by atoms with van der Waals surface area (Å²) in [6.45, 7) is 6.72. The summed E-state index contributed by atoms with van der Waals surface area (Å²) >= 11 is 1.84. The van der Waals surface area contributed by atoms with E-state index in [1.165, 1.54) is 30.8 Å². The fourth-order valence-electron chi connectivity index (χ4n) is 2.84. The Morgan fingerprint density at radius 2 is 2.13 bits per heavy atom. The molecule has 0 saturated carbocycles. The van der Waals surface area contributed by atoms with Gasteiger partial charge in [0.05, 0.1) is 0 Å². The highest BCUT2D eigenvalue weighted by Crippen LogP contribution is 2.15. The standard InChI is InChI=1S/C17H30N4S.HI/c1-14(11-16-5-4-10-22-16)12-19-17(18-2)20-13-15-6-8-21(3)9-7-15;/h4-5,10,14-15H,6-9,11-13H2,1-3H3,(H2,18,19,20);1H. The van der Waals surface area contributed by atoms with E-state index >= 15 is 0 Å². The van der Waals surface area contributed by atoms with Crippen molar-refractivity contribution in [2.75, 3.05) is 40.3 Å². The second-order valence-electron chi connectivity index (χ2n) is 6.47. The number of nitrogens with one attached hydrogen (secondary N) is 2. The van der Waals surface area contributed by atoms with Crippen molar-refractivity contribution in [3.63, 3.8) is 0 Å². The highest BCUT2D eigenvalue weighted by molar-refractivity contribution is 14.0. The number of nitrogens with zero attached hydrogens (tertiary/aromatic N) is 2. The Morgan fingerprint density at radius 3 is 2.74 bits per heavy atom. The molecule has 2 N–H and O–H groups in total. The van der Waals surface area contributed by atoms with Crippen molar-refractivity contribution < 1.29 is 0 Å². The van der Waals surface area contributed by atoms with Crippen LogP contribution in [0.2, 0.25) is 0 Å². The average molecular weight is 450 g/mol. The van der Waals surface area contributed by atoms with Gasteiger partial charge in [-0.25, -0.2) is 0 Å². The third kappa shape index (κ3) is 7.85. The minimum absolute atomic E-state index is 0. The third-order valence-corrected chi connectivity index (χ3v) is 5.27. The molecule has 0 radical (unpaired) electrons. The van der Waals surface area contributed by atoms with Crippen LogP contribution in [-0.2, 0) is 6.42 Å². The van der Waals surface area contributed by atoms with Gasteiger partial charge < -0.3 is 15.5 Å². The van der Waals surface area contributed by atoms with Crippen molar-refractivity contribution >= 4 is 41.3 Å². The van der Waals surface area contributed by atoms with Crippen molar-refractivity contribution in [2.45, 2.75) is 26.2 Å². The van der Waals surface area contributed by atoms with E-state index in [1.54, 1.807) is 0 Å². The lowest BCUT2D eigenvalue weighted by molar-refractivity contribution is 0.220. The van der Waals surface area contributed by atoms with Gasteiger partial charge in [-0.05, 0) is 62.7 Å². The van der Waals surface area contributed by atoms with E-state index in [1.807, 2.05) is 18.4 Å². The zero-order valence-corrected chi connectivity index (χ0v) is 17.7. The van der Waals surface area contributed by atoms with Crippen LogP contribution < -0.4 is 10.6 Å². The van der Waals surface area contributed by atoms with Gasteiger partial charge in [-0.15, -0.1) is 35.3 Å². The Morgan fingerprint density at radius 1 is 1.39 bits per heavy atom. The molecule has 1 fully saturated rings. The number of piperidine rings is 1. The fraction of sp³-hybridized carbons (Fsp3) is 0.706. The minimum atomic E-state index is 0. The predicted molar refractivity (Wildman–Crippen MR) is 112 cm³/mol. The number of hydrogen-bond donors (Lipinski definition) is 2. The van der Waals surface area contributed by atoms with Crippen molar-refractivity contribution in [1.29, 1.82) is 0 Å². The molecule has 1 aliphatic heterocycles. The van der Waals surface area contributed by atoms with Crippen LogP contribution >= 0.6 is 35.3 Å². The van der Waals surface area contributed by atoms with Crippen LogP contribution in [0.3, 0.4) is 0 Å². The number of rotatable bonds is 6. The number of guanidine groups is 1. The van der Waals surface area contributed by atoms with Crippen molar-refractivity contribution in [3.05, 3.63) is 22.4 Å². The van der Waals surface area contributed by atoms with Gasteiger partial charge in [0.15, 0.2) is 5.96 Å². The number of halogens is 1. The Bertz CT molecular complexity index is 441. The van der Waals surface area contributed by atoms with Gasteiger partial charge in [0.2, 0.25) is 0 Å². The van der Waals surface area contributed by atoms with Crippen molar-refractivity contribution in [1.82, 2.24) is 15.5 Å². The van der Waals surface area contributed by atoms with E-state index in [-0.39, 0.29) is 24.0 Å². The molecule has 4 nitrogen and oxygen atoms in total. The maximum atomic E-state index is 4.34. The van der Waals surface area contributed by atoms with E-state index < -0.39 is 0 Å². The summed E-state index contributed by atoms with van der Waals surface area (Å²) in [6, 6.07) is 4.34. The van der Waals surface area contributed by atoms with Gasteiger partial charge in [-0.2, -0.15) is 0 Å². The first-order chi connectivity index (χ1) is 10.7. The second-order valence-corrected chi connectivity index (χ2v) is 7.50. The molecule has 0 bridgehead atoms. The number of aliphatic imine (C=N–C) groups is 1. The lowest BCUT2D eigenvalue weighted by atomic mass is 9.97. The van der Waals surface area contributed by atoms with Gasteiger partial charge in [0, 0.05) is 25.0 Å². The van der Waals surface area contributed by atoms with Crippen LogP contribution in [0.4, 0.5) is 0 Å². The van der Waals surface area contributed by atoms with Gasteiger partial charge in [0.1, 0.15) is 0 Å². The predicted octanol–water partition coefficient (Wildman–Crippen LogP) is 3.05. The molecule has 0 amide bonds. The highest BCUT2D eigenvalue weighted by Gasteiger charge is 2.16. The normalized spacial score (nSPS) is 18.3. The van der Waals surface area contributed by atoms with Gasteiger partial charge in [0.25, 0.3) is 0 Å². The summed E-state index contributed by atoms with van der Waals surface area (Å²) in [4.78, 5) is 8.22. The van der Waals surface area contributed by atoms with E-state index in [0.717, 1.165) is 31.4 Å². The lowest BCUT2D eigenvalue weighted by Gasteiger charge is -2.29. The molecule has 1 saturated heterocycles. The first kappa shape index (κ1) is 20.7. The molecule has 1 unspecified atom stereocenters. The Labute approximate surface area is 162 Å². The van der Waals surface area contributed by atoms with Gasteiger partial charge in [-0.3, -0.25) is 4.99 Å². The summed E-state index contributed by atoms with van der Waals surface area (Å²) in [5.41, 5.74) is 0. The molecule has 132 valence electrons. The number of likely N-dealkylation sites (tertiary alicyclic amines) is 1. The highest BCUT2D eigenvalue weighted by atomic mass is 127. The van der Waals surface area contributed by atoms with Gasteiger partial charge >= 0.3 is 0 Å². The van der Waals surface area contributed by atoms with Crippen LogP contribution in [-0.4, -0.2) is 51.1 Å². The lowest BCUT2D eigenvalue weighted by Crippen LogP contribution is -2.43. The fourth-order valence-corrected chi connectivity index (χ4v) is 3.71. The monoisotopic (exact) mass is 450 g/mol. The summed E-state index contributed by atoms with van der Waals surface area (Å²) in [6.07, 6.45) is 3.71. The molecular formula is C17H31IN4S. The molecule has 1 atom stereocenters. The number of thiophene rings is 1. The molecule has 1 aromatic rings. The van der Waals surface area contributed by atoms with E-state index in [9.17, 15) is 0 Å². The molecule has 0 aromatic carbocycles. The maximum Gasteiger partial charge on any atom is 0.190 e. The first-order valence-corrected chi connectivity index (χ1v) is 9.20. The molecule has 0 aliphatic carbocycles. The molecular weight excluding hydrogens is 419 g/mol. The van der Waals surface area contributed by atoms with Crippen molar-refractivity contribution in [2.24, 2.45) is 16.8 Å². The minimum Gasteiger partial charge on any atom is -0.356 e. The van der Waals surface area contributed by atoms with E-state index in [0.29, 0.717) is 5.92 Å². The quantitative estimate of drug-likeness (QED) is 0.398. The number of hydrogen-bond acceptors (Lipinski definition) is 3. The first-order valence-electron chi connectivity index (χ1n) is 8.32. The zero-order chi connectivity index (χ0) is 15.8. The van der Waals surface area contributed by atoms with E-state index in [4.69, 9.17) is 0 Å². The smallest absolute Gasteiger partial charge is 0.190 e. The van der Waals surface area contributed by atoms with Gasteiger partial charge in [-0.1, -0.05) is 13.0 Å². The second kappa shape index (κ2) is 11.3. The SMILES string of the molecule is CN=C(NCC(C)Cc1cccs1)NCC1CCN(C)CC1.I. The maximum absolute atomic E-state index is 4.34. The van der Waals surface area contributed by atoms with Crippen LogP contribution in [0.15, 0.2) is 22.5 Å². The van der Waals surface area contributed by atoms with Crippen LogP contribution in [0.1, 0.15) is 24.6 Å². The van der Waals surface area contributed by atoms with Crippen LogP contribution in [0.5, 0.6) is 0 Å². The Kier molecular flexibility index (Phi) is 10.1. The molecule has 2 heterocycles.